The van der Waals surface area contributed by atoms with E-state index < -0.39 is 5.60 Å². The van der Waals surface area contributed by atoms with Crippen molar-refractivity contribution in [2.75, 3.05) is 33.7 Å². The molecular weight excluding hydrogens is 378 g/mol. The van der Waals surface area contributed by atoms with Gasteiger partial charge >= 0.3 is 6.09 Å². The zero-order valence-corrected chi connectivity index (χ0v) is 20.2. The van der Waals surface area contributed by atoms with Crippen molar-refractivity contribution in [1.82, 2.24) is 20.4 Å². The second kappa shape index (κ2) is 11.8. The number of hydrogen-bond acceptors (Lipinski definition) is 4. The Labute approximate surface area is 184 Å². The molecule has 2 aliphatic rings. The molecule has 2 N–H and O–H groups in total. The van der Waals surface area contributed by atoms with Crippen LogP contribution in [-0.4, -0.2) is 79.3 Å². The van der Waals surface area contributed by atoms with Crippen LogP contribution in [0.15, 0.2) is 4.99 Å². The van der Waals surface area contributed by atoms with Crippen molar-refractivity contribution in [2.45, 2.75) is 103 Å². The molecule has 30 heavy (non-hydrogen) atoms. The smallest absolute Gasteiger partial charge is 0.410 e. The molecule has 1 unspecified atom stereocenters. The molecule has 1 saturated heterocycles. The van der Waals surface area contributed by atoms with Crippen LogP contribution >= 0.6 is 0 Å². The number of likely N-dealkylation sites (tertiary alicyclic amines) is 1. The summed E-state index contributed by atoms with van der Waals surface area (Å²) in [5.41, 5.74) is -0.470. The number of nitrogens with zero attached hydrogens (tertiary/aromatic N) is 3. The molecule has 1 amide bonds. The second-order valence-corrected chi connectivity index (χ2v) is 9.97. The first-order chi connectivity index (χ1) is 14.2. The van der Waals surface area contributed by atoms with Crippen molar-refractivity contribution >= 4 is 12.1 Å². The maximum atomic E-state index is 12.2. The predicted octanol–water partition coefficient (Wildman–Crippen LogP) is 3.59. The number of aliphatic imine (C=N–C) groups is 1. The Morgan fingerprint density at radius 3 is 2.37 bits per heavy atom. The van der Waals surface area contributed by atoms with Gasteiger partial charge in [0.2, 0.25) is 0 Å². The van der Waals surface area contributed by atoms with Gasteiger partial charge in [-0.1, -0.05) is 19.3 Å². The maximum Gasteiger partial charge on any atom is 0.410 e. The van der Waals surface area contributed by atoms with Crippen LogP contribution < -0.4 is 10.6 Å². The minimum absolute atomic E-state index is 0.0872. The van der Waals surface area contributed by atoms with E-state index in [1.54, 1.807) is 11.9 Å². The zero-order valence-electron chi connectivity index (χ0n) is 20.2. The van der Waals surface area contributed by atoms with E-state index in [0.29, 0.717) is 6.04 Å². The fraction of sp³-hybridized carbons (Fsp3) is 0.913. The van der Waals surface area contributed by atoms with Gasteiger partial charge in [-0.25, -0.2) is 4.79 Å². The third-order valence-corrected chi connectivity index (χ3v) is 6.38. The molecule has 7 nitrogen and oxygen atoms in total. The minimum Gasteiger partial charge on any atom is -0.444 e. The Kier molecular flexibility index (Phi) is 9.72. The van der Waals surface area contributed by atoms with Gasteiger partial charge in [0.25, 0.3) is 0 Å². The Morgan fingerprint density at radius 2 is 1.80 bits per heavy atom. The highest BCUT2D eigenvalue weighted by molar-refractivity contribution is 5.79. The average Bonchev–Trinajstić information content (AvgIpc) is 2.72. The van der Waals surface area contributed by atoms with Crippen molar-refractivity contribution in [3.63, 3.8) is 0 Å². The third-order valence-electron chi connectivity index (χ3n) is 6.38. The number of rotatable bonds is 6. The third kappa shape index (κ3) is 8.32. The summed E-state index contributed by atoms with van der Waals surface area (Å²) in [5.74, 6) is 0.859. The van der Waals surface area contributed by atoms with E-state index >= 15 is 0 Å². The number of carbonyl (C=O) groups is 1. The number of guanidine groups is 1. The van der Waals surface area contributed by atoms with Gasteiger partial charge in [-0.3, -0.25) is 4.99 Å². The molecule has 1 heterocycles. The van der Waals surface area contributed by atoms with Crippen molar-refractivity contribution in [3.8, 4) is 0 Å². The number of ether oxygens (including phenoxy) is 1. The molecule has 174 valence electrons. The number of piperidine rings is 1. The van der Waals surface area contributed by atoms with E-state index in [0.717, 1.165) is 25.0 Å². The summed E-state index contributed by atoms with van der Waals surface area (Å²) in [6.07, 6.45) is 9.90. The maximum absolute atomic E-state index is 12.2. The summed E-state index contributed by atoms with van der Waals surface area (Å²) in [6.45, 7) is 10.9. The lowest BCUT2D eigenvalue weighted by Crippen LogP contribution is -2.51. The molecule has 1 aliphatic heterocycles. The van der Waals surface area contributed by atoms with Gasteiger partial charge in [-0.15, -0.1) is 0 Å². The summed E-state index contributed by atoms with van der Waals surface area (Å²) in [5, 5.41) is 7.00. The fourth-order valence-electron chi connectivity index (χ4n) is 4.35. The average molecular weight is 424 g/mol. The highest BCUT2D eigenvalue weighted by Gasteiger charge is 2.27. The van der Waals surface area contributed by atoms with Gasteiger partial charge in [0, 0.05) is 51.9 Å². The van der Waals surface area contributed by atoms with Gasteiger partial charge in [0.1, 0.15) is 5.60 Å². The standard InChI is InChI=1S/C23H45N5O2/c1-18(27(6)22(29)30-23(2,3)4)12-15-25-21(24-5)26-19-13-16-28(17-14-19)20-10-8-7-9-11-20/h18-20H,7-17H2,1-6H3,(H2,24,25,26). The molecule has 0 aromatic carbocycles. The molecule has 0 bridgehead atoms. The van der Waals surface area contributed by atoms with Crippen LogP contribution in [0.2, 0.25) is 0 Å². The van der Waals surface area contributed by atoms with Crippen LogP contribution in [0.4, 0.5) is 4.79 Å². The summed E-state index contributed by atoms with van der Waals surface area (Å²) in [4.78, 5) is 21.0. The van der Waals surface area contributed by atoms with E-state index in [4.69, 9.17) is 4.74 Å². The molecule has 2 fully saturated rings. The molecule has 0 spiro atoms. The minimum atomic E-state index is -0.470. The van der Waals surface area contributed by atoms with Gasteiger partial charge in [-0.05, 0) is 59.8 Å². The molecule has 0 aromatic rings. The first-order valence-corrected chi connectivity index (χ1v) is 11.9. The lowest BCUT2D eigenvalue weighted by molar-refractivity contribution is 0.0230. The molecule has 7 heteroatoms. The second-order valence-electron chi connectivity index (χ2n) is 9.97. The van der Waals surface area contributed by atoms with Crippen molar-refractivity contribution in [3.05, 3.63) is 0 Å². The highest BCUT2D eigenvalue weighted by atomic mass is 16.6. The lowest BCUT2D eigenvalue weighted by Gasteiger charge is -2.39. The molecule has 0 radical (unpaired) electrons. The largest absolute Gasteiger partial charge is 0.444 e. The number of carbonyl (C=O) groups excluding carboxylic acids is 1. The van der Waals surface area contributed by atoms with Crippen molar-refractivity contribution in [2.24, 2.45) is 4.99 Å². The topological polar surface area (TPSA) is 69.2 Å². The van der Waals surface area contributed by atoms with Crippen LogP contribution in [0, 0.1) is 0 Å². The Morgan fingerprint density at radius 1 is 1.17 bits per heavy atom. The monoisotopic (exact) mass is 423 g/mol. The molecule has 2 rings (SSSR count). The highest BCUT2D eigenvalue weighted by Crippen LogP contribution is 2.25. The quantitative estimate of drug-likeness (QED) is 0.505. The Balaban J connectivity index is 1.67. The first kappa shape index (κ1) is 24.8. The van der Waals surface area contributed by atoms with E-state index in [2.05, 4.69) is 20.5 Å². The molecule has 1 aliphatic carbocycles. The first-order valence-electron chi connectivity index (χ1n) is 11.9. The van der Waals surface area contributed by atoms with Crippen molar-refractivity contribution in [1.29, 1.82) is 0 Å². The number of hydrogen-bond donors (Lipinski definition) is 2. The SMILES string of the molecule is CN=C(NCCC(C)N(C)C(=O)OC(C)(C)C)NC1CCN(C2CCCCC2)CC1. The molecular formula is C23H45N5O2. The summed E-state index contributed by atoms with van der Waals surface area (Å²) < 4.78 is 5.45. The van der Waals surface area contributed by atoms with Crippen LogP contribution in [-0.2, 0) is 4.74 Å². The van der Waals surface area contributed by atoms with Gasteiger partial charge in [-0.2, -0.15) is 0 Å². The van der Waals surface area contributed by atoms with Crippen LogP contribution in [0.5, 0.6) is 0 Å². The van der Waals surface area contributed by atoms with Gasteiger partial charge in [0.05, 0.1) is 0 Å². The van der Waals surface area contributed by atoms with Gasteiger partial charge < -0.3 is 25.2 Å². The van der Waals surface area contributed by atoms with Crippen LogP contribution in [0.1, 0.15) is 79.1 Å². The summed E-state index contributed by atoms with van der Waals surface area (Å²) in [6, 6.07) is 1.39. The predicted molar refractivity (Wildman–Crippen MR) is 124 cm³/mol. The molecule has 1 saturated carbocycles. The number of amides is 1. The van der Waals surface area contributed by atoms with E-state index in [1.807, 2.05) is 34.7 Å². The fourth-order valence-corrected chi connectivity index (χ4v) is 4.35. The van der Waals surface area contributed by atoms with E-state index in [9.17, 15) is 4.79 Å². The van der Waals surface area contributed by atoms with Crippen LogP contribution in [0.3, 0.4) is 0 Å². The summed E-state index contributed by atoms with van der Waals surface area (Å²) >= 11 is 0. The zero-order chi connectivity index (χ0) is 22.1. The van der Waals surface area contributed by atoms with Gasteiger partial charge in [0.15, 0.2) is 5.96 Å². The van der Waals surface area contributed by atoms with Crippen LogP contribution in [0.25, 0.3) is 0 Å². The molecule has 0 aromatic heterocycles. The Bertz CT molecular complexity index is 546. The summed E-state index contributed by atoms with van der Waals surface area (Å²) in [7, 11) is 3.62. The molecule has 1 atom stereocenters. The lowest BCUT2D eigenvalue weighted by atomic mass is 9.92. The normalized spacial score (nSPS) is 21.2. The van der Waals surface area contributed by atoms with E-state index in [1.165, 1.54) is 58.0 Å². The van der Waals surface area contributed by atoms with Crippen molar-refractivity contribution < 1.29 is 9.53 Å². The van der Waals surface area contributed by atoms with E-state index in [-0.39, 0.29) is 12.1 Å². The Hall–Kier alpha value is -1.50. The number of nitrogens with one attached hydrogen (secondary N) is 2.